The van der Waals surface area contributed by atoms with Gasteiger partial charge >= 0.3 is 26.2 Å². The molecule has 4 saturated carbocycles. The van der Waals surface area contributed by atoms with E-state index in [1.165, 1.54) is 41.3 Å². The Morgan fingerprint density at radius 1 is 0.735 bits per heavy atom. The number of fused-ring (bicyclic) bond motifs is 2. The van der Waals surface area contributed by atoms with Crippen LogP contribution in [0.3, 0.4) is 0 Å². The molecule has 4 aliphatic rings. The summed E-state index contributed by atoms with van der Waals surface area (Å²) in [4.78, 5) is 0. The van der Waals surface area contributed by atoms with Crippen molar-refractivity contribution in [1.29, 1.82) is 0 Å². The number of rotatable bonds is 7. The van der Waals surface area contributed by atoms with Crippen LogP contribution in [0, 0.1) is 59.3 Å². The van der Waals surface area contributed by atoms with Crippen molar-refractivity contribution in [2.75, 3.05) is 0 Å². The van der Waals surface area contributed by atoms with E-state index in [1.54, 1.807) is 64.2 Å². The Morgan fingerprint density at radius 3 is 2.03 bits per heavy atom. The van der Waals surface area contributed by atoms with Crippen LogP contribution in [-0.2, 0) is 26.2 Å². The molecule has 0 aromatic carbocycles. The Bertz CT molecular complexity index is 548. The second-order valence-corrected chi connectivity index (χ2v) is 30.3. The van der Waals surface area contributed by atoms with Gasteiger partial charge in [-0.25, -0.2) is 0 Å². The molecule has 4 aliphatic carbocycles. The molecule has 4 fully saturated rings. The van der Waals surface area contributed by atoms with Crippen LogP contribution in [0.4, 0.5) is 0 Å². The van der Waals surface area contributed by atoms with E-state index in [0.717, 1.165) is 17.8 Å². The molecule has 0 bridgehead atoms. The van der Waals surface area contributed by atoms with E-state index in [-0.39, 0.29) is 55.9 Å². The summed E-state index contributed by atoms with van der Waals surface area (Å²) in [5.74, 6) is 5.79. The van der Waals surface area contributed by atoms with E-state index in [0.29, 0.717) is 0 Å². The fourth-order valence-corrected chi connectivity index (χ4v) is 25.5. The fraction of sp³-hybridized carbons (Fsp3) is 0.867. The summed E-state index contributed by atoms with van der Waals surface area (Å²) in [6, 6.07) is 0. The van der Waals surface area contributed by atoms with Gasteiger partial charge in [-0.15, -0.1) is 0 Å². The Morgan fingerprint density at radius 2 is 1.41 bits per heavy atom. The zero-order valence-corrected chi connectivity index (χ0v) is 31.0. The largest absolute Gasteiger partial charge is 4.00 e. The van der Waals surface area contributed by atoms with E-state index in [4.69, 9.17) is 0 Å². The standard InChI is InChI=1S/C26H52Si3.4CH3.Zr/c1-7-8-10-19-13-14-21(17-19)27(2)28(3)25-16-15-23-24(25)18-20-11-9-12-22(20)26(23)29(4,5)6;;;;;/h19-28H,7-18H2,1-6H3;4*1H3;/q;4*-1;+4. The fourth-order valence-electron chi connectivity index (χ4n) is 9.53. The van der Waals surface area contributed by atoms with Gasteiger partial charge in [0.1, 0.15) is 0 Å². The monoisotopic (exact) mass is 598 g/mol. The van der Waals surface area contributed by atoms with E-state index < -0.39 is 24.7 Å². The summed E-state index contributed by atoms with van der Waals surface area (Å²) >= 11 is 0. The predicted octanol–water partition coefficient (Wildman–Crippen LogP) is 9.86. The Hall–Kier alpha value is 1.53. The van der Waals surface area contributed by atoms with Crippen molar-refractivity contribution in [1.82, 2.24) is 0 Å². The smallest absolute Gasteiger partial charge is 0.358 e. The van der Waals surface area contributed by atoms with Gasteiger partial charge in [0.05, 0.1) is 0 Å². The van der Waals surface area contributed by atoms with Gasteiger partial charge in [-0.3, -0.25) is 0 Å². The van der Waals surface area contributed by atoms with Gasteiger partial charge in [-0.05, 0) is 47.1 Å². The van der Waals surface area contributed by atoms with Crippen molar-refractivity contribution in [3.63, 3.8) is 0 Å². The normalized spacial score (nSPS) is 37.9. The first-order valence-electron chi connectivity index (χ1n) is 13.8. The molecule has 0 heterocycles. The SMILES string of the molecule is CCCCC1CCC([SiH](C)[SiH](C)C2CCC3C2CC2CCCC2C3[Si](C)(C)C)C1.[CH3-].[CH3-].[CH3-].[CH3-].[Zr+4]. The molecule has 0 radical (unpaired) electrons. The summed E-state index contributed by atoms with van der Waals surface area (Å²) in [7, 11) is -2.04. The maximum Gasteiger partial charge on any atom is 4.00 e. The minimum atomic E-state index is -1.04. The van der Waals surface area contributed by atoms with Crippen molar-refractivity contribution < 1.29 is 26.2 Å². The van der Waals surface area contributed by atoms with Crippen LogP contribution in [0.2, 0.25) is 49.4 Å². The first-order valence-corrected chi connectivity index (χ1v) is 23.7. The second kappa shape index (κ2) is 15.8. The van der Waals surface area contributed by atoms with E-state index in [9.17, 15) is 0 Å². The Kier molecular flexibility index (Phi) is 17.5. The van der Waals surface area contributed by atoms with Crippen LogP contribution in [-0.4, -0.2) is 24.7 Å². The molecule has 0 N–H and O–H groups in total. The van der Waals surface area contributed by atoms with E-state index >= 15 is 0 Å². The van der Waals surface area contributed by atoms with E-state index in [2.05, 4.69) is 39.7 Å². The summed E-state index contributed by atoms with van der Waals surface area (Å²) in [5.41, 5.74) is 3.69. The zero-order chi connectivity index (χ0) is 20.8. The number of hydrogen-bond acceptors (Lipinski definition) is 0. The van der Waals surface area contributed by atoms with Crippen molar-refractivity contribution in [3.05, 3.63) is 29.7 Å². The molecule has 10 atom stereocenters. The van der Waals surface area contributed by atoms with Crippen LogP contribution < -0.4 is 0 Å². The van der Waals surface area contributed by atoms with Gasteiger partial charge < -0.3 is 29.7 Å². The van der Waals surface area contributed by atoms with Gasteiger partial charge in [0, 0.05) is 24.7 Å². The summed E-state index contributed by atoms with van der Waals surface area (Å²) in [5, 5.41) is 0. The van der Waals surface area contributed by atoms with Gasteiger partial charge in [-0.2, -0.15) is 0 Å². The molecule has 34 heavy (non-hydrogen) atoms. The van der Waals surface area contributed by atoms with Crippen molar-refractivity contribution in [3.8, 4) is 0 Å². The van der Waals surface area contributed by atoms with Gasteiger partial charge in [0.2, 0.25) is 0 Å². The molecule has 4 rings (SSSR count). The van der Waals surface area contributed by atoms with Crippen LogP contribution >= 0.6 is 0 Å². The first-order chi connectivity index (χ1) is 13.8. The van der Waals surface area contributed by atoms with Crippen LogP contribution in [0.15, 0.2) is 0 Å². The van der Waals surface area contributed by atoms with Gasteiger partial charge in [0.15, 0.2) is 0 Å². The molecule has 10 unspecified atom stereocenters. The number of unbranched alkanes of at least 4 members (excludes halogenated alkanes) is 1. The summed E-state index contributed by atoms with van der Waals surface area (Å²) < 4.78 is 0. The van der Waals surface area contributed by atoms with Gasteiger partial charge in [0.25, 0.3) is 0 Å². The molecule has 200 valence electrons. The van der Waals surface area contributed by atoms with Crippen molar-refractivity contribution >= 4 is 24.7 Å². The number of hydrogen-bond donors (Lipinski definition) is 0. The van der Waals surface area contributed by atoms with Crippen LogP contribution in [0.25, 0.3) is 0 Å². The molecule has 0 spiro atoms. The molecular formula is C30H64Si3Zr. The van der Waals surface area contributed by atoms with Gasteiger partial charge in [-0.1, -0.05) is 116 Å². The molecule has 0 aromatic rings. The third kappa shape index (κ3) is 7.78. The Labute approximate surface area is 242 Å². The molecule has 0 aliphatic heterocycles. The average Bonchev–Trinajstić information content (AvgIpc) is 3.40. The molecule has 0 saturated heterocycles. The Balaban J connectivity index is 0. The minimum absolute atomic E-state index is 0. The quantitative estimate of drug-likeness (QED) is 0.202. The molecule has 0 amide bonds. The third-order valence-corrected chi connectivity index (χ3v) is 27.8. The zero-order valence-electron chi connectivity index (χ0n) is 25.3. The first kappa shape index (κ1) is 37.7. The van der Waals surface area contributed by atoms with Crippen LogP contribution in [0.5, 0.6) is 0 Å². The molecule has 0 aromatic heterocycles. The second-order valence-electron chi connectivity index (χ2n) is 13.4. The molecular weight excluding hydrogens is 536 g/mol. The topological polar surface area (TPSA) is 0 Å². The molecule has 0 nitrogen and oxygen atoms in total. The average molecular weight is 600 g/mol. The molecule has 4 heteroatoms. The predicted molar refractivity (Wildman–Crippen MR) is 165 cm³/mol. The van der Waals surface area contributed by atoms with Crippen molar-refractivity contribution in [2.24, 2.45) is 29.6 Å². The van der Waals surface area contributed by atoms with Crippen molar-refractivity contribution in [2.45, 2.75) is 133 Å². The summed E-state index contributed by atoms with van der Waals surface area (Å²) in [6.45, 7) is 16.3. The summed E-state index contributed by atoms with van der Waals surface area (Å²) in [6.07, 6.45) is 19.1. The maximum atomic E-state index is 2.90. The third-order valence-electron chi connectivity index (χ3n) is 10.9. The van der Waals surface area contributed by atoms with Crippen LogP contribution in [0.1, 0.15) is 84.0 Å². The van der Waals surface area contributed by atoms with E-state index in [1.807, 2.05) is 0 Å². The minimum Gasteiger partial charge on any atom is -0.358 e. The maximum absolute atomic E-state index is 2.90.